The van der Waals surface area contributed by atoms with Gasteiger partial charge in [0.05, 0.1) is 17.7 Å². The van der Waals surface area contributed by atoms with Crippen LogP contribution < -0.4 is 14.4 Å². The standard InChI is InChI=1S/C32H41N3O5S/c1-7-25(5)33-32(37)29(8-2)34(21-26-13-12-14-27(20-26)40-6)31(36)22-35(30-18-17-23(3)19-24(30)4)41(38,39)28-15-10-9-11-16-28/h9-20,25,29H,7-8,21-22H2,1-6H3,(H,33,37). The number of hydrogen-bond acceptors (Lipinski definition) is 5. The predicted molar refractivity (Wildman–Crippen MR) is 162 cm³/mol. The Bertz CT molecular complexity index is 1440. The number of nitrogens with zero attached hydrogens (tertiary/aromatic N) is 2. The van der Waals surface area contributed by atoms with Crippen molar-refractivity contribution in [2.75, 3.05) is 18.0 Å². The van der Waals surface area contributed by atoms with Gasteiger partial charge in [-0.05, 0) is 75.1 Å². The second kappa shape index (κ2) is 14.2. The highest BCUT2D eigenvalue weighted by Crippen LogP contribution is 2.28. The van der Waals surface area contributed by atoms with Gasteiger partial charge in [0.15, 0.2) is 0 Å². The van der Waals surface area contributed by atoms with E-state index in [1.807, 2.05) is 65.0 Å². The highest BCUT2D eigenvalue weighted by Gasteiger charge is 2.34. The lowest BCUT2D eigenvalue weighted by molar-refractivity contribution is -0.140. The molecule has 9 heteroatoms. The lowest BCUT2D eigenvalue weighted by Gasteiger charge is -2.34. The minimum atomic E-state index is -4.11. The van der Waals surface area contributed by atoms with Gasteiger partial charge in [-0.1, -0.05) is 61.9 Å². The summed E-state index contributed by atoms with van der Waals surface area (Å²) in [5.41, 5.74) is 2.86. The van der Waals surface area contributed by atoms with Crippen molar-refractivity contribution in [3.63, 3.8) is 0 Å². The van der Waals surface area contributed by atoms with Gasteiger partial charge in [-0.15, -0.1) is 0 Å². The molecule has 2 unspecified atom stereocenters. The zero-order chi connectivity index (χ0) is 30.2. The zero-order valence-electron chi connectivity index (χ0n) is 24.8. The molecule has 220 valence electrons. The van der Waals surface area contributed by atoms with Crippen molar-refractivity contribution in [1.82, 2.24) is 10.2 Å². The van der Waals surface area contributed by atoms with E-state index in [0.717, 1.165) is 27.4 Å². The lowest BCUT2D eigenvalue weighted by Crippen LogP contribution is -2.53. The summed E-state index contributed by atoms with van der Waals surface area (Å²) < 4.78 is 34.5. The van der Waals surface area contributed by atoms with Gasteiger partial charge in [0.2, 0.25) is 11.8 Å². The Hall–Kier alpha value is -3.85. The van der Waals surface area contributed by atoms with Crippen LogP contribution in [0.15, 0.2) is 77.7 Å². The first-order valence-electron chi connectivity index (χ1n) is 13.9. The fourth-order valence-corrected chi connectivity index (χ4v) is 6.15. The van der Waals surface area contributed by atoms with Crippen molar-refractivity contribution >= 4 is 27.5 Å². The molecule has 0 spiro atoms. The van der Waals surface area contributed by atoms with Crippen LogP contribution in [-0.2, 0) is 26.2 Å². The number of hydrogen-bond donors (Lipinski definition) is 1. The molecule has 0 saturated carbocycles. The van der Waals surface area contributed by atoms with Crippen LogP contribution >= 0.6 is 0 Å². The maximum atomic E-state index is 14.2. The van der Waals surface area contributed by atoms with Gasteiger partial charge in [-0.2, -0.15) is 0 Å². The number of nitrogens with one attached hydrogen (secondary N) is 1. The van der Waals surface area contributed by atoms with E-state index in [-0.39, 0.29) is 23.4 Å². The molecule has 0 radical (unpaired) electrons. The Morgan fingerprint density at radius 3 is 2.24 bits per heavy atom. The molecule has 1 N–H and O–H groups in total. The summed E-state index contributed by atoms with van der Waals surface area (Å²) in [5, 5.41) is 2.99. The summed E-state index contributed by atoms with van der Waals surface area (Å²) in [6.45, 7) is 9.11. The van der Waals surface area contributed by atoms with Crippen molar-refractivity contribution in [1.29, 1.82) is 0 Å². The van der Waals surface area contributed by atoms with E-state index < -0.39 is 28.5 Å². The fourth-order valence-electron chi connectivity index (χ4n) is 4.65. The van der Waals surface area contributed by atoms with E-state index in [0.29, 0.717) is 17.9 Å². The highest BCUT2D eigenvalue weighted by atomic mass is 32.2. The van der Waals surface area contributed by atoms with Gasteiger partial charge in [0.25, 0.3) is 10.0 Å². The number of rotatable bonds is 13. The summed E-state index contributed by atoms with van der Waals surface area (Å²) in [4.78, 5) is 29.2. The molecule has 0 fully saturated rings. The van der Waals surface area contributed by atoms with E-state index in [4.69, 9.17) is 4.74 Å². The average Bonchev–Trinajstić information content (AvgIpc) is 2.96. The number of sulfonamides is 1. The monoisotopic (exact) mass is 579 g/mol. The van der Waals surface area contributed by atoms with Crippen LogP contribution in [0.3, 0.4) is 0 Å². The number of benzene rings is 3. The van der Waals surface area contributed by atoms with E-state index >= 15 is 0 Å². The van der Waals surface area contributed by atoms with Crippen molar-refractivity contribution in [2.45, 2.75) is 71.0 Å². The first-order chi connectivity index (χ1) is 19.5. The fraction of sp³-hybridized carbons (Fsp3) is 0.375. The largest absolute Gasteiger partial charge is 0.497 e. The molecule has 3 rings (SSSR count). The second-order valence-corrected chi connectivity index (χ2v) is 12.1. The van der Waals surface area contributed by atoms with Gasteiger partial charge in [0.1, 0.15) is 18.3 Å². The third-order valence-electron chi connectivity index (χ3n) is 7.11. The second-order valence-electron chi connectivity index (χ2n) is 10.2. The van der Waals surface area contributed by atoms with Gasteiger partial charge in [0, 0.05) is 12.6 Å². The van der Waals surface area contributed by atoms with Crippen molar-refractivity contribution in [3.8, 4) is 5.75 Å². The molecule has 2 atom stereocenters. The van der Waals surface area contributed by atoms with Gasteiger partial charge < -0.3 is 15.0 Å². The normalized spacial score (nSPS) is 12.7. The Morgan fingerprint density at radius 2 is 1.63 bits per heavy atom. The number of ether oxygens (including phenoxy) is 1. The quantitative estimate of drug-likeness (QED) is 0.299. The van der Waals surface area contributed by atoms with E-state index in [1.165, 1.54) is 17.0 Å². The third kappa shape index (κ3) is 7.88. The van der Waals surface area contributed by atoms with Crippen LogP contribution in [0, 0.1) is 13.8 Å². The lowest BCUT2D eigenvalue weighted by atomic mass is 10.1. The first kappa shape index (κ1) is 31.7. The minimum absolute atomic E-state index is 0.0736. The molecule has 0 bridgehead atoms. The maximum absolute atomic E-state index is 14.2. The van der Waals surface area contributed by atoms with Crippen LogP contribution in [0.4, 0.5) is 5.69 Å². The summed E-state index contributed by atoms with van der Waals surface area (Å²) in [7, 11) is -2.55. The molecule has 0 aliphatic carbocycles. The molecule has 2 amide bonds. The van der Waals surface area contributed by atoms with E-state index in [2.05, 4.69) is 5.32 Å². The third-order valence-corrected chi connectivity index (χ3v) is 8.88. The maximum Gasteiger partial charge on any atom is 0.264 e. The molecule has 0 aliphatic rings. The van der Waals surface area contributed by atoms with Crippen LogP contribution in [0.1, 0.15) is 50.3 Å². The molecule has 3 aromatic carbocycles. The molecule has 0 saturated heterocycles. The molecule has 3 aromatic rings. The predicted octanol–water partition coefficient (Wildman–Crippen LogP) is 5.23. The first-order valence-corrected chi connectivity index (χ1v) is 15.3. The highest BCUT2D eigenvalue weighted by molar-refractivity contribution is 7.92. The van der Waals surface area contributed by atoms with Crippen LogP contribution in [-0.4, -0.2) is 50.9 Å². The molecule has 0 aromatic heterocycles. The number of methoxy groups -OCH3 is 1. The summed E-state index contributed by atoms with van der Waals surface area (Å²) in [6.07, 6.45) is 1.09. The number of aryl methyl sites for hydroxylation is 2. The van der Waals surface area contributed by atoms with Crippen molar-refractivity contribution in [3.05, 3.63) is 89.5 Å². The number of carbonyl (C=O) groups excluding carboxylic acids is 2. The summed E-state index contributed by atoms with van der Waals surface area (Å²) in [5.74, 6) is -0.143. The Labute approximate surface area is 244 Å². The molecule has 0 heterocycles. The smallest absolute Gasteiger partial charge is 0.264 e. The molecule has 0 aliphatic heterocycles. The van der Waals surface area contributed by atoms with E-state index in [9.17, 15) is 18.0 Å². The number of amides is 2. The SMILES string of the molecule is CCC(C)NC(=O)C(CC)N(Cc1cccc(OC)c1)C(=O)CN(c1ccc(C)cc1C)S(=O)(=O)c1ccccc1. The Kier molecular flexibility index (Phi) is 10.9. The van der Waals surface area contributed by atoms with Crippen LogP contribution in [0.5, 0.6) is 5.75 Å². The molecular weight excluding hydrogens is 538 g/mol. The topological polar surface area (TPSA) is 96.0 Å². The van der Waals surface area contributed by atoms with Gasteiger partial charge in [-0.3, -0.25) is 13.9 Å². The molecule has 8 nitrogen and oxygen atoms in total. The molecule has 41 heavy (non-hydrogen) atoms. The Morgan fingerprint density at radius 1 is 0.927 bits per heavy atom. The van der Waals surface area contributed by atoms with E-state index in [1.54, 1.807) is 37.4 Å². The minimum Gasteiger partial charge on any atom is -0.497 e. The zero-order valence-corrected chi connectivity index (χ0v) is 25.6. The van der Waals surface area contributed by atoms with Crippen molar-refractivity contribution < 1.29 is 22.7 Å². The van der Waals surface area contributed by atoms with Crippen LogP contribution in [0.25, 0.3) is 0 Å². The average molecular weight is 580 g/mol. The number of carbonyl (C=O) groups is 2. The van der Waals surface area contributed by atoms with Gasteiger partial charge in [-0.25, -0.2) is 8.42 Å². The van der Waals surface area contributed by atoms with Crippen molar-refractivity contribution in [2.24, 2.45) is 0 Å². The van der Waals surface area contributed by atoms with Gasteiger partial charge >= 0.3 is 0 Å². The summed E-state index contributed by atoms with van der Waals surface area (Å²) in [6, 6.07) is 19.9. The summed E-state index contributed by atoms with van der Waals surface area (Å²) >= 11 is 0. The Balaban J connectivity index is 2.09. The molecular formula is C32H41N3O5S. The number of anilines is 1. The van der Waals surface area contributed by atoms with Crippen LogP contribution in [0.2, 0.25) is 0 Å².